The molecule has 7 nitrogen and oxygen atoms in total. The monoisotopic (exact) mass is 251 g/mol. The number of methoxy groups -OCH3 is 2. The molecule has 3 N–H and O–H groups in total. The fourth-order valence-electron chi connectivity index (χ4n) is 1.83. The minimum absolute atomic E-state index is 0.106. The van der Waals surface area contributed by atoms with Gasteiger partial charge in [-0.15, -0.1) is 0 Å². The van der Waals surface area contributed by atoms with Crippen molar-refractivity contribution in [2.75, 3.05) is 20.0 Å². The first kappa shape index (κ1) is 12.0. The Morgan fingerprint density at radius 3 is 2.67 bits per heavy atom. The Balaban J connectivity index is 2.90. The lowest BCUT2D eigenvalue weighted by atomic mass is 10.1. The summed E-state index contributed by atoms with van der Waals surface area (Å²) >= 11 is 0. The molecule has 0 saturated carbocycles. The van der Waals surface area contributed by atoms with Gasteiger partial charge in [-0.25, -0.2) is 9.59 Å². The van der Waals surface area contributed by atoms with Gasteiger partial charge in [-0.2, -0.15) is 0 Å². The molecule has 1 aromatic heterocycles. The quantitative estimate of drug-likeness (QED) is 0.588. The molecule has 0 radical (unpaired) electrons. The number of aryl methyl sites for hydroxylation is 1. The van der Waals surface area contributed by atoms with Gasteiger partial charge in [0, 0.05) is 13.1 Å². The number of nitrogens with two attached hydrogens (primary N) is 1. The van der Waals surface area contributed by atoms with Crippen LogP contribution in [0.3, 0.4) is 0 Å². The number of rotatable bonds is 2. The Labute approximate surface area is 102 Å². The second-order valence-corrected chi connectivity index (χ2v) is 3.74. The van der Waals surface area contributed by atoms with Gasteiger partial charge >= 0.3 is 11.7 Å². The fraction of sp³-hybridized carbons (Fsp3) is 0.273. The molecule has 0 fully saturated rings. The van der Waals surface area contributed by atoms with E-state index < -0.39 is 5.97 Å². The number of hydrogen-bond donors (Lipinski definition) is 2. The molecule has 0 saturated heterocycles. The van der Waals surface area contributed by atoms with Gasteiger partial charge in [0.05, 0.1) is 30.9 Å². The van der Waals surface area contributed by atoms with Gasteiger partial charge in [0.15, 0.2) is 0 Å². The van der Waals surface area contributed by atoms with Crippen LogP contribution in [0.2, 0.25) is 0 Å². The summed E-state index contributed by atoms with van der Waals surface area (Å²) in [5, 5.41) is 0. The van der Waals surface area contributed by atoms with Gasteiger partial charge in [-0.05, 0) is 0 Å². The Bertz CT molecular complexity index is 684. The first-order valence-corrected chi connectivity index (χ1v) is 5.14. The van der Waals surface area contributed by atoms with Gasteiger partial charge in [-0.1, -0.05) is 0 Å². The maximum Gasteiger partial charge on any atom is 0.343 e. The second-order valence-electron chi connectivity index (χ2n) is 3.74. The number of aromatic amines is 1. The van der Waals surface area contributed by atoms with Crippen molar-refractivity contribution in [3.05, 3.63) is 22.1 Å². The highest BCUT2D eigenvalue weighted by Crippen LogP contribution is 2.31. The van der Waals surface area contributed by atoms with Crippen LogP contribution in [0.25, 0.3) is 11.0 Å². The Morgan fingerprint density at radius 2 is 2.11 bits per heavy atom. The smallest absolute Gasteiger partial charge is 0.343 e. The Hall–Kier alpha value is -2.44. The van der Waals surface area contributed by atoms with E-state index >= 15 is 0 Å². The van der Waals surface area contributed by atoms with Crippen molar-refractivity contribution in [3.63, 3.8) is 0 Å². The van der Waals surface area contributed by atoms with E-state index in [0.29, 0.717) is 11.0 Å². The average Bonchev–Trinajstić information content (AvgIpc) is 2.65. The van der Waals surface area contributed by atoms with E-state index in [1.807, 2.05) is 0 Å². The van der Waals surface area contributed by atoms with Crippen molar-refractivity contribution < 1.29 is 14.3 Å². The Kier molecular flexibility index (Phi) is 2.74. The third kappa shape index (κ3) is 1.52. The normalized spacial score (nSPS) is 10.6. The minimum atomic E-state index is -0.615. The first-order chi connectivity index (χ1) is 8.51. The topological polar surface area (TPSA) is 99.3 Å². The van der Waals surface area contributed by atoms with E-state index in [4.69, 9.17) is 10.5 Å². The van der Waals surface area contributed by atoms with Gasteiger partial charge < -0.3 is 20.2 Å². The summed E-state index contributed by atoms with van der Waals surface area (Å²) in [4.78, 5) is 25.8. The number of fused-ring (bicyclic) bond motifs is 1. The average molecular weight is 251 g/mol. The number of carbonyl (C=O) groups excluding carboxylic acids is 1. The second kappa shape index (κ2) is 4.10. The van der Waals surface area contributed by atoms with Crippen LogP contribution in [-0.2, 0) is 11.8 Å². The standard InChI is InChI=1S/C11H13N3O4/c1-14-5-4-6(17-2)7(10(15)18-3)8(12)9(5)13-11(14)16/h4H,12H2,1-3H3,(H,13,16). The lowest BCUT2D eigenvalue weighted by Gasteiger charge is -2.10. The molecule has 1 aromatic carbocycles. The van der Waals surface area contributed by atoms with Crippen LogP contribution in [-0.4, -0.2) is 29.7 Å². The molecule has 0 aliphatic heterocycles. The number of nitrogens with zero attached hydrogens (tertiary/aromatic N) is 1. The molecule has 0 bridgehead atoms. The Morgan fingerprint density at radius 1 is 1.44 bits per heavy atom. The molecule has 1 heterocycles. The third-order valence-electron chi connectivity index (χ3n) is 2.82. The molecule has 0 atom stereocenters. The molecule has 18 heavy (non-hydrogen) atoms. The molecule has 2 aromatic rings. The highest BCUT2D eigenvalue weighted by Gasteiger charge is 2.21. The van der Waals surface area contributed by atoms with Crippen molar-refractivity contribution in [1.82, 2.24) is 9.55 Å². The number of H-pyrrole nitrogens is 1. The number of anilines is 1. The summed E-state index contributed by atoms with van der Waals surface area (Å²) in [7, 11) is 4.26. The predicted molar refractivity (Wildman–Crippen MR) is 65.8 cm³/mol. The van der Waals surface area contributed by atoms with E-state index in [1.54, 1.807) is 13.1 Å². The van der Waals surface area contributed by atoms with Gasteiger partial charge in [-0.3, -0.25) is 4.57 Å². The van der Waals surface area contributed by atoms with Crippen LogP contribution in [0.5, 0.6) is 5.75 Å². The van der Waals surface area contributed by atoms with Gasteiger partial charge in [0.2, 0.25) is 0 Å². The van der Waals surface area contributed by atoms with Crippen LogP contribution in [0.15, 0.2) is 10.9 Å². The fourth-order valence-corrected chi connectivity index (χ4v) is 1.83. The van der Waals surface area contributed by atoms with Crippen molar-refractivity contribution in [2.24, 2.45) is 7.05 Å². The largest absolute Gasteiger partial charge is 0.496 e. The van der Waals surface area contributed by atoms with E-state index in [1.165, 1.54) is 18.8 Å². The lowest BCUT2D eigenvalue weighted by molar-refractivity contribution is 0.0598. The highest BCUT2D eigenvalue weighted by molar-refractivity contribution is 6.06. The van der Waals surface area contributed by atoms with Crippen LogP contribution in [0.1, 0.15) is 10.4 Å². The van der Waals surface area contributed by atoms with Crippen molar-refractivity contribution in [2.45, 2.75) is 0 Å². The third-order valence-corrected chi connectivity index (χ3v) is 2.82. The zero-order chi connectivity index (χ0) is 13.4. The van der Waals surface area contributed by atoms with Gasteiger partial charge in [0.1, 0.15) is 11.3 Å². The molecule has 96 valence electrons. The van der Waals surface area contributed by atoms with Gasteiger partial charge in [0.25, 0.3) is 0 Å². The van der Waals surface area contributed by atoms with Crippen molar-refractivity contribution in [3.8, 4) is 5.75 Å². The number of nitrogens with one attached hydrogen (secondary N) is 1. The number of esters is 1. The van der Waals surface area contributed by atoms with Crippen molar-refractivity contribution >= 4 is 22.7 Å². The summed E-state index contributed by atoms with van der Waals surface area (Å²) in [6.45, 7) is 0. The molecule has 0 aliphatic rings. The predicted octanol–water partition coefficient (Wildman–Crippen LogP) is 0.244. The number of benzene rings is 1. The zero-order valence-corrected chi connectivity index (χ0v) is 10.2. The number of ether oxygens (including phenoxy) is 2. The maximum atomic E-state index is 11.7. The number of carbonyl (C=O) groups is 1. The summed E-state index contributed by atoms with van der Waals surface area (Å²) in [6, 6.07) is 1.57. The van der Waals surface area contributed by atoms with E-state index in [9.17, 15) is 9.59 Å². The minimum Gasteiger partial charge on any atom is -0.496 e. The maximum absolute atomic E-state index is 11.7. The number of imidazole rings is 1. The number of hydrogen-bond acceptors (Lipinski definition) is 5. The highest BCUT2D eigenvalue weighted by atomic mass is 16.5. The van der Waals surface area contributed by atoms with Crippen LogP contribution in [0.4, 0.5) is 5.69 Å². The van der Waals surface area contributed by atoms with Crippen molar-refractivity contribution in [1.29, 1.82) is 0 Å². The van der Waals surface area contributed by atoms with E-state index in [2.05, 4.69) is 9.72 Å². The summed E-state index contributed by atoms with van der Waals surface area (Å²) < 4.78 is 11.1. The summed E-state index contributed by atoms with van der Waals surface area (Å²) in [5.41, 5.74) is 6.76. The van der Waals surface area contributed by atoms with E-state index in [0.717, 1.165) is 0 Å². The molecule has 0 amide bonds. The summed E-state index contributed by atoms with van der Waals surface area (Å²) in [6.07, 6.45) is 0. The van der Waals surface area contributed by atoms with E-state index in [-0.39, 0.29) is 22.7 Å². The molecule has 0 aliphatic carbocycles. The van der Waals surface area contributed by atoms with Crippen LogP contribution >= 0.6 is 0 Å². The zero-order valence-electron chi connectivity index (χ0n) is 10.2. The molecular weight excluding hydrogens is 238 g/mol. The molecule has 0 unspecified atom stereocenters. The lowest BCUT2D eigenvalue weighted by Crippen LogP contribution is -2.11. The number of nitrogen functional groups attached to an aromatic ring is 1. The summed E-state index contributed by atoms with van der Waals surface area (Å²) in [5.74, 6) is -0.350. The molecule has 0 spiro atoms. The van der Waals surface area contributed by atoms with Crippen LogP contribution < -0.4 is 16.2 Å². The molecule has 2 rings (SSSR count). The van der Waals surface area contributed by atoms with Crippen LogP contribution in [0, 0.1) is 0 Å². The molecular formula is C11H13N3O4. The molecule has 7 heteroatoms. The SMILES string of the molecule is COC(=O)c1c(OC)cc2c([nH]c(=O)n2C)c1N. The first-order valence-electron chi connectivity index (χ1n) is 5.14. The number of aromatic nitrogens is 2.